The fourth-order valence-corrected chi connectivity index (χ4v) is 10.0. The van der Waals surface area contributed by atoms with Crippen molar-refractivity contribution in [2.45, 2.75) is 73.8 Å². The molecule has 6 rings (SSSR count). The molecule has 0 unspecified atom stereocenters. The molecule has 1 amide bonds. The lowest BCUT2D eigenvalue weighted by molar-refractivity contribution is -0.273. The lowest BCUT2D eigenvalue weighted by atomic mass is 9.87. The Bertz CT molecular complexity index is 1990. The Kier molecular flexibility index (Phi) is 12.2. The lowest BCUT2D eigenvalue weighted by Crippen LogP contribution is -2.61. The number of sulfonamides is 2. The maximum atomic E-state index is 14.5. The highest BCUT2D eigenvalue weighted by Gasteiger charge is 2.47. The molecule has 5 atom stereocenters. The van der Waals surface area contributed by atoms with Gasteiger partial charge in [-0.3, -0.25) is 0 Å². The highest BCUT2D eigenvalue weighted by molar-refractivity contribution is 7.89. The fourth-order valence-electron chi connectivity index (χ4n) is 7.31. The van der Waals surface area contributed by atoms with Gasteiger partial charge in [0.15, 0.2) is 17.8 Å². The van der Waals surface area contributed by atoms with Crippen LogP contribution in [0, 0.1) is 17.2 Å². The van der Waals surface area contributed by atoms with E-state index in [2.05, 4.69) is 4.72 Å². The molecule has 3 aromatic carbocycles. The Balaban J connectivity index is 1.26. The molecule has 54 heavy (non-hydrogen) atoms. The van der Waals surface area contributed by atoms with Gasteiger partial charge < -0.3 is 38.9 Å². The third-order valence-electron chi connectivity index (χ3n) is 10.1. The number of carboxylic acid groups (broad SMARTS) is 1. The molecule has 3 aliphatic heterocycles. The average molecular weight is 791 g/mol. The van der Waals surface area contributed by atoms with Crippen molar-refractivity contribution >= 4 is 26.1 Å². The normalized spacial score (nSPS) is 20.9. The molecule has 0 radical (unpaired) electrons. The topological polar surface area (TPSA) is 184 Å². The first kappa shape index (κ1) is 39.8. The number of carbonyl (C=O) groups is 1. The standard InChI is InChI=1S/C37H46FN3O11S2/c1-37(2,16-6-17-39-53(45,46)27-11-9-26(38)10-12-27)23-40(54(47,48)28-13-14-33-34(20-28)52-24-51-33)21-32(42)30(19-25-7-4-3-5-8-25)41(36(43)44)31-22-50-35-29(31)15-18-49-35/h3-5,7-14,20,29-32,35,39,42H,6,15-19,21-24H2,1-2H3,(H,43,44)/p-1/t29-,30-,31-,32+,35+/m0/s1. The van der Waals surface area contributed by atoms with Crippen LogP contribution in [0.5, 0.6) is 11.5 Å². The number of amides is 1. The van der Waals surface area contributed by atoms with Crippen molar-refractivity contribution in [2.75, 3.05) is 39.6 Å². The zero-order chi connectivity index (χ0) is 38.7. The predicted molar refractivity (Wildman–Crippen MR) is 191 cm³/mol. The smallest absolute Gasteiger partial charge is 0.243 e. The minimum atomic E-state index is -4.36. The number of carbonyl (C=O) groups excluding carboxylic acids is 1. The van der Waals surface area contributed by atoms with E-state index in [1.54, 1.807) is 24.3 Å². The number of hydrogen-bond donors (Lipinski definition) is 2. The third-order valence-corrected chi connectivity index (χ3v) is 13.4. The van der Waals surface area contributed by atoms with Crippen LogP contribution in [0.1, 0.15) is 38.7 Å². The van der Waals surface area contributed by atoms with Gasteiger partial charge in [-0.2, -0.15) is 4.31 Å². The van der Waals surface area contributed by atoms with E-state index in [0.29, 0.717) is 31.6 Å². The van der Waals surface area contributed by atoms with Crippen LogP contribution in [0.4, 0.5) is 9.18 Å². The fraction of sp³-hybridized carbons (Fsp3) is 0.486. The Morgan fingerprint density at radius 2 is 1.70 bits per heavy atom. The molecule has 294 valence electrons. The van der Waals surface area contributed by atoms with E-state index in [1.807, 2.05) is 19.9 Å². The van der Waals surface area contributed by atoms with Gasteiger partial charge in [-0.15, -0.1) is 0 Å². The van der Waals surface area contributed by atoms with Crippen LogP contribution in [0.15, 0.2) is 82.6 Å². The van der Waals surface area contributed by atoms with Gasteiger partial charge in [0.2, 0.25) is 26.8 Å². The summed E-state index contributed by atoms with van der Waals surface area (Å²) in [5.41, 5.74) is -0.0549. The first-order valence-corrected chi connectivity index (χ1v) is 20.7. The van der Waals surface area contributed by atoms with E-state index in [4.69, 9.17) is 18.9 Å². The van der Waals surface area contributed by atoms with E-state index >= 15 is 0 Å². The van der Waals surface area contributed by atoms with Gasteiger partial charge in [0.1, 0.15) is 11.9 Å². The summed E-state index contributed by atoms with van der Waals surface area (Å²) in [5.74, 6) is -0.237. The van der Waals surface area contributed by atoms with Gasteiger partial charge in [-0.05, 0) is 73.1 Å². The molecule has 17 heteroatoms. The maximum absolute atomic E-state index is 14.5. The van der Waals surface area contributed by atoms with Crippen LogP contribution >= 0.6 is 0 Å². The molecular formula is C37H45FN3O11S2-. The number of ether oxygens (including phenoxy) is 4. The largest absolute Gasteiger partial charge is 0.530 e. The molecule has 0 bridgehead atoms. The highest BCUT2D eigenvalue weighted by Crippen LogP contribution is 2.38. The lowest BCUT2D eigenvalue weighted by Gasteiger charge is -2.43. The van der Waals surface area contributed by atoms with Crippen LogP contribution in [-0.4, -0.2) is 101 Å². The molecule has 2 fully saturated rings. The van der Waals surface area contributed by atoms with Gasteiger partial charge in [0.05, 0.1) is 41.2 Å². The Hall–Kier alpha value is -3.84. The first-order chi connectivity index (χ1) is 25.6. The van der Waals surface area contributed by atoms with Crippen LogP contribution in [0.3, 0.4) is 0 Å². The van der Waals surface area contributed by atoms with Crippen molar-refractivity contribution < 1.29 is 55.2 Å². The van der Waals surface area contributed by atoms with Crippen LogP contribution in [0.25, 0.3) is 0 Å². The second-order valence-electron chi connectivity index (χ2n) is 14.5. The summed E-state index contributed by atoms with van der Waals surface area (Å²) < 4.78 is 93.7. The molecule has 0 spiro atoms. The Labute approximate surface area is 314 Å². The number of rotatable bonds is 17. The van der Waals surface area contributed by atoms with Crippen molar-refractivity contribution in [1.82, 2.24) is 13.9 Å². The Morgan fingerprint density at radius 1 is 1.00 bits per heavy atom. The highest BCUT2D eigenvalue weighted by atomic mass is 32.2. The summed E-state index contributed by atoms with van der Waals surface area (Å²) in [5, 5.41) is 25.1. The van der Waals surface area contributed by atoms with Crippen LogP contribution in [-0.2, 0) is 35.9 Å². The van der Waals surface area contributed by atoms with Crippen molar-refractivity contribution in [3.63, 3.8) is 0 Å². The van der Waals surface area contributed by atoms with E-state index in [0.717, 1.165) is 39.0 Å². The maximum Gasteiger partial charge on any atom is 0.243 e. The van der Waals surface area contributed by atoms with Gasteiger partial charge in [0.25, 0.3) is 0 Å². The van der Waals surface area contributed by atoms with Gasteiger partial charge in [-0.1, -0.05) is 44.2 Å². The van der Waals surface area contributed by atoms with Crippen molar-refractivity contribution in [2.24, 2.45) is 11.3 Å². The van der Waals surface area contributed by atoms with E-state index in [1.165, 1.54) is 18.2 Å². The van der Waals surface area contributed by atoms with Gasteiger partial charge in [0, 0.05) is 31.6 Å². The minimum absolute atomic E-state index is 0.0235. The summed E-state index contributed by atoms with van der Waals surface area (Å²) in [6.45, 7) is 3.40. The Morgan fingerprint density at radius 3 is 2.43 bits per heavy atom. The quantitative estimate of drug-likeness (QED) is 0.192. The molecule has 2 N–H and O–H groups in total. The average Bonchev–Trinajstić information content (AvgIpc) is 3.89. The number of benzene rings is 3. The molecule has 0 saturated carbocycles. The zero-order valence-electron chi connectivity index (χ0n) is 30.0. The van der Waals surface area contributed by atoms with Gasteiger partial charge in [-0.25, -0.2) is 25.9 Å². The van der Waals surface area contributed by atoms with Crippen molar-refractivity contribution in [3.05, 3.63) is 84.2 Å². The number of aliphatic hydroxyl groups excluding tert-OH is 1. The predicted octanol–water partition coefficient (Wildman–Crippen LogP) is 2.71. The first-order valence-electron chi connectivity index (χ1n) is 17.7. The van der Waals surface area contributed by atoms with Crippen molar-refractivity contribution in [1.29, 1.82) is 0 Å². The molecular weight excluding hydrogens is 746 g/mol. The summed E-state index contributed by atoms with van der Waals surface area (Å²) in [6, 6.07) is 15.8. The summed E-state index contributed by atoms with van der Waals surface area (Å²) in [6.07, 6.45) is -2.38. The molecule has 3 heterocycles. The number of nitrogens with zero attached hydrogens (tertiary/aromatic N) is 2. The summed E-state index contributed by atoms with van der Waals surface area (Å²) >= 11 is 0. The van der Waals surface area contributed by atoms with Crippen LogP contribution in [0.2, 0.25) is 0 Å². The number of nitrogens with one attached hydrogen (secondary N) is 1. The SMILES string of the molecule is CC(C)(CCCNS(=O)(=O)c1ccc(F)cc1)CN(C[C@@H](O)[C@H](Cc1ccccc1)N(C(=O)[O-])[C@H]1CO[C@H]2OCC[C@H]21)S(=O)(=O)c1ccc2c(c1)OCO2. The van der Waals surface area contributed by atoms with Gasteiger partial charge >= 0.3 is 0 Å². The third kappa shape index (κ3) is 9.16. The van der Waals surface area contributed by atoms with Crippen LogP contribution < -0.4 is 19.3 Å². The second-order valence-corrected chi connectivity index (χ2v) is 18.2. The van der Waals surface area contributed by atoms with Crippen molar-refractivity contribution in [3.8, 4) is 11.5 Å². The molecule has 2 saturated heterocycles. The zero-order valence-corrected chi connectivity index (χ0v) is 31.6. The molecule has 3 aromatic rings. The number of hydrogen-bond acceptors (Lipinski definition) is 11. The second kappa shape index (κ2) is 16.5. The number of halogens is 1. The molecule has 3 aliphatic rings. The molecule has 0 aliphatic carbocycles. The van der Waals surface area contributed by atoms with E-state index in [-0.39, 0.29) is 54.4 Å². The molecule has 0 aromatic heterocycles. The van der Waals surface area contributed by atoms with E-state index in [9.17, 15) is 36.2 Å². The number of fused-ring (bicyclic) bond motifs is 2. The minimum Gasteiger partial charge on any atom is -0.530 e. The summed E-state index contributed by atoms with van der Waals surface area (Å²) in [7, 11) is -8.27. The molecule has 14 nitrogen and oxygen atoms in total. The summed E-state index contributed by atoms with van der Waals surface area (Å²) in [4.78, 5) is 13.9. The van der Waals surface area contributed by atoms with E-state index < -0.39 is 68.4 Å². The monoisotopic (exact) mass is 790 g/mol. The number of aliphatic hydroxyl groups is 1.